The molecule has 0 saturated carbocycles. The maximum absolute atomic E-state index is 12.0. The number of hydrogen-bond donors (Lipinski definition) is 2. The zero-order valence-electron chi connectivity index (χ0n) is 18.9. The van der Waals surface area contributed by atoms with Crippen molar-refractivity contribution in [1.29, 1.82) is 0 Å². The summed E-state index contributed by atoms with van der Waals surface area (Å²) in [6, 6.07) is 14.7. The largest absolute Gasteiger partial charge is 0.546 e. The molecule has 0 amide bonds. The lowest BCUT2D eigenvalue weighted by Crippen LogP contribution is -3.11. The highest BCUT2D eigenvalue weighted by atomic mass is 16.6. The zero-order valence-corrected chi connectivity index (χ0v) is 18.9. The summed E-state index contributed by atoms with van der Waals surface area (Å²) in [6.07, 6.45) is -4.60. The van der Waals surface area contributed by atoms with Crippen LogP contribution < -0.4 is 10.0 Å². The summed E-state index contributed by atoms with van der Waals surface area (Å²) < 4.78 is 9.42. The summed E-state index contributed by atoms with van der Waals surface area (Å²) in [5.74, 6) is -5.99. The molecule has 33 heavy (non-hydrogen) atoms. The number of esters is 2. The Morgan fingerprint density at radius 3 is 1.39 bits per heavy atom. The zero-order chi connectivity index (χ0) is 24.8. The second-order valence-corrected chi connectivity index (χ2v) is 6.85. The number of carboxylic acids is 2. The summed E-state index contributed by atoms with van der Waals surface area (Å²) in [4.78, 5) is 48.3. The van der Waals surface area contributed by atoms with Crippen LogP contribution in [0.3, 0.4) is 0 Å². The van der Waals surface area contributed by atoms with E-state index in [1.807, 2.05) is 0 Å². The van der Waals surface area contributed by atoms with E-state index in [1.165, 1.54) is 68.2 Å². The fraction of sp³-hybridized carbons (Fsp3) is 0.333. The van der Waals surface area contributed by atoms with Crippen molar-refractivity contribution < 1.29 is 43.8 Å². The van der Waals surface area contributed by atoms with Crippen LogP contribution in [-0.2, 0) is 19.1 Å². The molecule has 2 atom stereocenters. The molecule has 0 aliphatic heterocycles. The van der Waals surface area contributed by atoms with Crippen molar-refractivity contribution in [3.05, 3.63) is 71.8 Å². The number of nitrogens with one attached hydrogen (secondary N) is 1. The van der Waals surface area contributed by atoms with Crippen LogP contribution in [0.25, 0.3) is 0 Å². The smallest absolute Gasteiger partial charge is 0.349 e. The molecule has 0 unspecified atom stereocenters. The first-order valence-corrected chi connectivity index (χ1v) is 10.5. The molecule has 2 aromatic carbocycles. The standard InChI is InChI=1S/C18H14O8.C6H15N/c19-15(20)13(25-17(23)11-7-3-1-4-8-11)14(16(21)22)26-18(24)12-9-5-2-6-10-12;1-4-7(5-2)6-3/h1-10,13-14H,(H,19,20)(H,21,22);4-6H2,1-3H3/t13-,14-;/m1./s1. The van der Waals surface area contributed by atoms with Gasteiger partial charge < -0.3 is 29.4 Å². The minimum atomic E-state index is -2.33. The van der Waals surface area contributed by atoms with Gasteiger partial charge in [0, 0.05) is 0 Å². The third kappa shape index (κ3) is 9.12. The number of ether oxygens (including phenoxy) is 2. The molecule has 2 rings (SSSR count). The number of benzene rings is 2. The van der Waals surface area contributed by atoms with Crippen LogP contribution in [0.4, 0.5) is 0 Å². The lowest BCUT2D eigenvalue weighted by Gasteiger charge is -2.24. The Balaban J connectivity index is 0.000000675. The van der Waals surface area contributed by atoms with Gasteiger partial charge in [0.2, 0.25) is 6.10 Å². The molecule has 0 radical (unpaired) electrons. The second-order valence-electron chi connectivity index (χ2n) is 6.85. The van der Waals surface area contributed by atoms with Crippen molar-refractivity contribution in [1.82, 2.24) is 0 Å². The Kier molecular flexibility index (Phi) is 11.9. The van der Waals surface area contributed by atoms with E-state index < -0.39 is 36.1 Å². The first-order valence-electron chi connectivity index (χ1n) is 10.5. The quantitative estimate of drug-likeness (QED) is 0.482. The summed E-state index contributed by atoms with van der Waals surface area (Å²) in [6.45, 7) is 10.5. The van der Waals surface area contributed by atoms with Crippen LogP contribution in [0.2, 0.25) is 0 Å². The first kappa shape index (κ1) is 27.3. The van der Waals surface area contributed by atoms with E-state index in [1.54, 1.807) is 17.0 Å². The predicted molar refractivity (Wildman–Crippen MR) is 117 cm³/mol. The van der Waals surface area contributed by atoms with Gasteiger partial charge in [-0.2, -0.15) is 0 Å². The molecule has 0 bridgehead atoms. The molecular formula is C24H29NO8. The number of carboxylic acid groups (broad SMARTS) is 2. The van der Waals surface area contributed by atoms with Gasteiger partial charge in [-0.1, -0.05) is 36.4 Å². The van der Waals surface area contributed by atoms with E-state index >= 15 is 0 Å². The molecule has 9 nitrogen and oxygen atoms in total. The molecule has 9 heteroatoms. The van der Waals surface area contributed by atoms with E-state index in [2.05, 4.69) is 20.8 Å². The van der Waals surface area contributed by atoms with Gasteiger partial charge in [0.1, 0.15) is 0 Å². The third-order valence-corrected chi connectivity index (χ3v) is 4.74. The van der Waals surface area contributed by atoms with Crippen molar-refractivity contribution in [2.75, 3.05) is 19.6 Å². The van der Waals surface area contributed by atoms with E-state index in [0.29, 0.717) is 0 Å². The molecule has 0 fully saturated rings. The Morgan fingerprint density at radius 2 is 1.12 bits per heavy atom. The van der Waals surface area contributed by atoms with Crippen LogP contribution in [0.15, 0.2) is 60.7 Å². The number of aliphatic carboxylic acids is 2. The van der Waals surface area contributed by atoms with Crippen molar-refractivity contribution in [2.24, 2.45) is 0 Å². The molecular weight excluding hydrogens is 430 g/mol. The van der Waals surface area contributed by atoms with E-state index in [9.17, 15) is 29.4 Å². The molecule has 0 spiro atoms. The SMILES string of the molecule is CC[NH+](CC)CC.O=C(O[C@@H](C(=O)[O-])[C@@H](OC(=O)c1ccccc1)C(=O)O)c1ccccc1. The van der Waals surface area contributed by atoms with Crippen LogP contribution >= 0.6 is 0 Å². The number of hydrogen-bond acceptors (Lipinski definition) is 7. The van der Waals surface area contributed by atoms with Gasteiger partial charge in [-0.05, 0) is 45.0 Å². The molecule has 0 aliphatic rings. The molecule has 2 N–H and O–H groups in total. The maximum Gasteiger partial charge on any atom is 0.349 e. The summed E-state index contributed by atoms with van der Waals surface area (Å²) in [7, 11) is 0. The summed E-state index contributed by atoms with van der Waals surface area (Å²) >= 11 is 0. The average molecular weight is 459 g/mol. The molecule has 0 saturated heterocycles. The van der Waals surface area contributed by atoms with Gasteiger partial charge in [0.25, 0.3) is 0 Å². The average Bonchev–Trinajstić information content (AvgIpc) is 2.83. The topological polar surface area (TPSA) is 134 Å². The van der Waals surface area contributed by atoms with Gasteiger partial charge >= 0.3 is 17.9 Å². The van der Waals surface area contributed by atoms with Crippen molar-refractivity contribution in [3.8, 4) is 0 Å². The second kappa shape index (κ2) is 14.4. The minimum absolute atomic E-state index is 0.00252. The number of carbonyl (C=O) groups excluding carboxylic acids is 3. The summed E-state index contributed by atoms with van der Waals surface area (Å²) in [5.41, 5.74) is 0.00232. The lowest BCUT2D eigenvalue weighted by atomic mass is 10.1. The third-order valence-electron chi connectivity index (χ3n) is 4.74. The number of rotatable bonds is 10. The van der Waals surface area contributed by atoms with Crippen molar-refractivity contribution in [3.63, 3.8) is 0 Å². The van der Waals surface area contributed by atoms with Crippen LogP contribution in [0.1, 0.15) is 41.5 Å². The molecule has 0 heterocycles. The normalized spacial score (nSPS) is 12.0. The van der Waals surface area contributed by atoms with Crippen LogP contribution in [-0.4, -0.2) is 60.8 Å². The highest BCUT2D eigenvalue weighted by Gasteiger charge is 2.36. The minimum Gasteiger partial charge on any atom is -0.546 e. The van der Waals surface area contributed by atoms with Crippen molar-refractivity contribution >= 4 is 23.9 Å². The van der Waals surface area contributed by atoms with E-state index in [-0.39, 0.29) is 11.1 Å². The van der Waals surface area contributed by atoms with Gasteiger partial charge in [0.15, 0.2) is 6.10 Å². The maximum atomic E-state index is 12.0. The van der Waals surface area contributed by atoms with Crippen LogP contribution in [0, 0.1) is 0 Å². The predicted octanol–water partition coefficient (Wildman–Crippen LogP) is 0.203. The summed E-state index contributed by atoms with van der Waals surface area (Å²) in [5, 5.41) is 20.5. The van der Waals surface area contributed by atoms with Crippen LogP contribution in [0.5, 0.6) is 0 Å². The fourth-order valence-corrected chi connectivity index (χ4v) is 2.74. The molecule has 0 aliphatic carbocycles. The van der Waals surface area contributed by atoms with E-state index in [0.717, 1.165) is 0 Å². The Morgan fingerprint density at radius 1 is 0.758 bits per heavy atom. The van der Waals surface area contributed by atoms with Gasteiger partial charge in [0.05, 0.1) is 36.7 Å². The fourth-order valence-electron chi connectivity index (χ4n) is 2.74. The number of carbonyl (C=O) groups is 4. The highest BCUT2D eigenvalue weighted by Crippen LogP contribution is 2.12. The van der Waals surface area contributed by atoms with Gasteiger partial charge in [-0.25, -0.2) is 14.4 Å². The molecule has 0 aromatic heterocycles. The van der Waals surface area contributed by atoms with E-state index in [4.69, 9.17) is 9.47 Å². The Hall–Kier alpha value is -3.72. The lowest BCUT2D eigenvalue weighted by molar-refractivity contribution is -0.894. The highest BCUT2D eigenvalue weighted by molar-refractivity contribution is 5.95. The first-order chi connectivity index (χ1) is 15.7. The Bertz CT molecular complexity index is 822. The molecule has 2 aromatic rings. The molecule has 178 valence electrons. The van der Waals surface area contributed by atoms with Gasteiger partial charge in [-0.3, -0.25) is 0 Å². The van der Waals surface area contributed by atoms with Crippen molar-refractivity contribution in [2.45, 2.75) is 33.0 Å². The number of quaternary nitrogens is 1. The monoisotopic (exact) mass is 459 g/mol. The Labute approximate surface area is 192 Å². The van der Waals surface area contributed by atoms with Gasteiger partial charge in [-0.15, -0.1) is 0 Å².